The van der Waals surface area contributed by atoms with Crippen LogP contribution in [0.2, 0.25) is 5.02 Å². The van der Waals surface area contributed by atoms with Crippen molar-refractivity contribution in [2.24, 2.45) is 0 Å². The van der Waals surface area contributed by atoms with Crippen molar-refractivity contribution < 1.29 is 4.79 Å². The summed E-state index contributed by atoms with van der Waals surface area (Å²) in [5.74, 6) is 0.0174. The van der Waals surface area contributed by atoms with Gasteiger partial charge in [-0.3, -0.25) is 9.78 Å². The zero-order chi connectivity index (χ0) is 13.5. The van der Waals surface area contributed by atoms with Gasteiger partial charge in [-0.05, 0) is 29.7 Å². The van der Waals surface area contributed by atoms with E-state index in [0.717, 1.165) is 11.1 Å². The first-order chi connectivity index (χ1) is 9.25. The molecule has 3 nitrogen and oxygen atoms in total. The van der Waals surface area contributed by atoms with Crippen molar-refractivity contribution in [3.63, 3.8) is 0 Å². The SMILES string of the molecule is O=C(CCc1ccccc1Cl)NCc1cccnc1. The van der Waals surface area contributed by atoms with Gasteiger partial charge in [0, 0.05) is 30.4 Å². The van der Waals surface area contributed by atoms with Gasteiger partial charge in [0.1, 0.15) is 0 Å². The molecule has 0 aliphatic heterocycles. The van der Waals surface area contributed by atoms with Crippen molar-refractivity contribution in [2.45, 2.75) is 19.4 Å². The molecular weight excluding hydrogens is 260 g/mol. The van der Waals surface area contributed by atoms with Gasteiger partial charge < -0.3 is 5.32 Å². The molecule has 0 saturated heterocycles. The van der Waals surface area contributed by atoms with E-state index < -0.39 is 0 Å². The highest BCUT2D eigenvalue weighted by atomic mass is 35.5. The average Bonchev–Trinajstić information content (AvgIpc) is 2.45. The number of aromatic nitrogens is 1. The largest absolute Gasteiger partial charge is 0.352 e. The molecule has 98 valence electrons. The van der Waals surface area contributed by atoms with E-state index in [1.807, 2.05) is 36.4 Å². The van der Waals surface area contributed by atoms with Crippen LogP contribution in [0.3, 0.4) is 0 Å². The Bertz CT molecular complexity index is 543. The van der Waals surface area contributed by atoms with Crippen molar-refractivity contribution >= 4 is 17.5 Å². The molecule has 19 heavy (non-hydrogen) atoms. The molecule has 1 amide bonds. The maximum atomic E-state index is 11.7. The molecule has 0 saturated carbocycles. The number of aryl methyl sites for hydroxylation is 1. The van der Waals surface area contributed by atoms with Crippen molar-refractivity contribution in [1.82, 2.24) is 10.3 Å². The zero-order valence-corrected chi connectivity index (χ0v) is 11.2. The maximum absolute atomic E-state index is 11.7. The summed E-state index contributed by atoms with van der Waals surface area (Å²) in [6.07, 6.45) is 4.54. The minimum Gasteiger partial charge on any atom is -0.352 e. The normalized spacial score (nSPS) is 10.2. The van der Waals surface area contributed by atoms with Gasteiger partial charge >= 0.3 is 0 Å². The van der Waals surface area contributed by atoms with Gasteiger partial charge in [0.15, 0.2) is 0 Å². The van der Waals surface area contributed by atoms with Crippen LogP contribution in [0.15, 0.2) is 48.8 Å². The standard InChI is InChI=1S/C15H15ClN2O/c16-14-6-2-1-5-13(14)7-8-15(19)18-11-12-4-3-9-17-10-12/h1-6,9-10H,7-8,11H2,(H,18,19). The van der Waals surface area contributed by atoms with Gasteiger partial charge in [-0.25, -0.2) is 0 Å². The number of hydrogen-bond donors (Lipinski definition) is 1. The van der Waals surface area contributed by atoms with Crippen LogP contribution in [0.5, 0.6) is 0 Å². The number of pyridine rings is 1. The molecule has 0 bridgehead atoms. The molecule has 0 fully saturated rings. The highest BCUT2D eigenvalue weighted by molar-refractivity contribution is 6.31. The summed E-state index contributed by atoms with van der Waals surface area (Å²) < 4.78 is 0. The number of rotatable bonds is 5. The fourth-order valence-electron chi connectivity index (χ4n) is 1.74. The monoisotopic (exact) mass is 274 g/mol. The van der Waals surface area contributed by atoms with Crippen LogP contribution in [0.25, 0.3) is 0 Å². The van der Waals surface area contributed by atoms with E-state index >= 15 is 0 Å². The summed E-state index contributed by atoms with van der Waals surface area (Å²) in [7, 11) is 0. The Morgan fingerprint density at radius 1 is 1.21 bits per heavy atom. The first kappa shape index (κ1) is 13.6. The number of halogens is 1. The fourth-order valence-corrected chi connectivity index (χ4v) is 1.97. The first-order valence-corrected chi connectivity index (χ1v) is 6.52. The van der Waals surface area contributed by atoms with Crippen LogP contribution >= 0.6 is 11.6 Å². The minimum absolute atomic E-state index is 0.0174. The van der Waals surface area contributed by atoms with E-state index in [-0.39, 0.29) is 5.91 Å². The van der Waals surface area contributed by atoms with E-state index in [0.29, 0.717) is 24.4 Å². The molecule has 1 N–H and O–H groups in total. The molecule has 4 heteroatoms. The molecule has 0 unspecified atom stereocenters. The van der Waals surface area contributed by atoms with Gasteiger partial charge in [0.05, 0.1) is 0 Å². The van der Waals surface area contributed by atoms with Crippen LogP contribution in [0.4, 0.5) is 0 Å². The Balaban J connectivity index is 1.78. The average molecular weight is 275 g/mol. The number of nitrogens with zero attached hydrogens (tertiary/aromatic N) is 1. The van der Waals surface area contributed by atoms with E-state index in [1.165, 1.54) is 0 Å². The molecule has 0 spiro atoms. The highest BCUT2D eigenvalue weighted by Gasteiger charge is 2.04. The molecule has 1 aromatic carbocycles. The Labute approximate surface area is 117 Å². The smallest absolute Gasteiger partial charge is 0.220 e. The zero-order valence-electron chi connectivity index (χ0n) is 10.5. The van der Waals surface area contributed by atoms with Gasteiger partial charge in [0.25, 0.3) is 0 Å². The van der Waals surface area contributed by atoms with Crippen molar-refractivity contribution in [3.8, 4) is 0 Å². The topological polar surface area (TPSA) is 42.0 Å². The Hall–Kier alpha value is -1.87. The van der Waals surface area contributed by atoms with E-state index in [2.05, 4.69) is 10.3 Å². The summed E-state index contributed by atoms with van der Waals surface area (Å²) in [5.41, 5.74) is 1.99. The number of amides is 1. The lowest BCUT2D eigenvalue weighted by Gasteiger charge is -2.06. The number of carbonyl (C=O) groups is 1. The second-order valence-electron chi connectivity index (χ2n) is 4.23. The van der Waals surface area contributed by atoms with Gasteiger partial charge in [-0.15, -0.1) is 0 Å². The van der Waals surface area contributed by atoms with Crippen LogP contribution in [-0.4, -0.2) is 10.9 Å². The van der Waals surface area contributed by atoms with Crippen molar-refractivity contribution in [3.05, 3.63) is 64.9 Å². The lowest BCUT2D eigenvalue weighted by atomic mass is 10.1. The fraction of sp³-hybridized carbons (Fsp3) is 0.200. The summed E-state index contributed by atoms with van der Waals surface area (Å²) >= 11 is 6.04. The molecule has 2 aromatic rings. The van der Waals surface area contributed by atoms with E-state index in [9.17, 15) is 4.79 Å². The number of carbonyl (C=O) groups excluding carboxylic acids is 1. The summed E-state index contributed by atoms with van der Waals surface area (Å²) in [6, 6.07) is 11.4. The molecule has 0 aliphatic rings. The van der Waals surface area contributed by atoms with Crippen molar-refractivity contribution in [2.75, 3.05) is 0 Å². The predicted molar refractivity (Wildman–Crippen MR) is 75.9 cm³/mol. The molecule has 2 rings (SSSR count). The summed E-state index contributed by atoms with van der Waals surface area (Å²) in [4.78, 5) is 15.7. The van der Waals surface area contributed by atoms with Crippen LogP contribution < -0.4 is 5.32 Å². The van der Waals surface area contributed by atoms with Gasteiger partial charge in [0.2, 0.25) is 5.91 Å². The second kappa shape index (κ2) is 6.90. The van der Waals surface area contributed by atoms with Crippen LogP contribution in [0.1, 0.15) is 17.5 Å². The molecular formula is C15H15ClN2O. The van der Waals surface area contributed by atoms with Gasteiger partial charge in [-0.2, -0.15) is 0 Å². The molecule has 0 radical (unpaired) electrons. The third-order valence-corrected chi connectivity index (χ3v) is 3.16. The minimum atomic E-state index is 0.0174. The summed E-state index contributed by atoms with van der Waals surface area (Å²) in [6.45, 7) is 0.509. The quantitative estimate of drug-likeness (QED) is 0.911. The maximum Gasteiger partial charge on any atom is 0.220 e. The van der Waals surface area contributed by atoms with Crippen molar-refractivity contribution in [1.29, 1.82) is 0 Å². The lowest BCUT2D eigenvalue weighted by Crippen LogP contribution is -2.23. The molecule has 1 heterocycles. The Morgan fingerprint density at radius 3 is 2.79 bits per heavy atom. The van der Waals surface area contributed by atoms with E-state index in [4.69, 9.17) is 11.6 Å². The predicted octanol–water partition coefficient (Wildman–Crippen LogP) is 2.98. The number of nitrogens with one attached hydrogen (secondary N) is 1. The van der Waals surface area contributed by atoms with E-state index in [1.54, 1.807) is 12.4 Å². The van der Waals surface area contributed by atoms with Gasteiger partial charge in [-0.1, -0.05) is 35.9 Å². The molecule has 1 aromatic heterocycles. The third-order valence-electron chi connectivity index (χ3n) is 2.79. The molecule has 0 atom stereocenters. The second-order valence-corrected chi connectivity index (χ2v) is 4.64. The summed E-state index contributed by atoms with van der Waals surface area (Å²) in [5, 5.41) is 3.58. The van der Waals surface area contributed by atoms with Crippen LogP contribution in [-0.2, 0) is 17.8 Å². The lowest BCUT2D eigenvalue weighted by molar-refractivity contribution is -0.121. The first-order valence-electron chi connectivity index (χ1n) is 6.15. The van der Waals surface area contributed by atoms with Crippen LogP contribution in [0, 0.1) is 0 Å². The third kappa shape index (κ3) is 4.38. The highest BCUT2D eigenvalue weighted by Crippen LogP contribution is 2.16. The Morgan fingerprint density at radius 2 is 2.05 bits per heavy atom. The number of benzene rings is 1. The molecule has 0 aliphatic carbocycles. The number of hydrogen-bond acceptors (Lipinski definition) is 2. The Kier molecular flexibility index (Phi) is 4.93.